The Bertz CT molecular complexity index is 2080. The van der Waals surface area contributed by atoms with E-state index < -0.39 is 0 Å². The van der Waals surface area contributed by atoms with Crippen molar-refractivity contribution in [3.63, 3.8) is 0 Å². The molecule has 0 saturated heterocycles. The van der Waals surface area contributed by atoms with Crippen molar-refractivity contribution in [1.29, 1.82) is 0 Å². The lowest BCUT2D eigenvalue weighted by molar-refractivity contribution is -0.300. The summed E-state index contributed by atoms with van der Waals surface area (Å²) in [6, 6.07) is 36.0. The van der Waals surface area contributed by atoms with Crippen LogP contribution >= 0.6 is 0 Å². The molecule has 4 nitrogen and oxygen atoms in total. The minimum atomic E-state index is -0.288. The van der Waals surface area contributed by atoms with Gasteiger partial charge in [0.2, 0.25) is 0 Å². The van der Waals surface area contributed by atoms with E-state index in [4.69, 9.17) is 9.15 Å². The zero-order valence-corrected chi connectivity index (χ0v) is 27.3. The number of allylic oxidation sites excluding steroid dienone is 6. The van der Waals surface area contributed by atoms with Gasteiger partial charge in [0, 0.05) is 22.3 Å². The number of carbonyl (C=O) groups is 1. The molecular weight excluding hydrogens is 592 g/mol. The number of carbonyl (C=O) groups excluding carboxylic acids is 1. The van der Waals surface area contributed by atoms with Gasteiger partial charge in [-0.1, -0.05) is 101 Å². The van der Waals surface area contributed by atoms with E-state index in [0.29, 0.717) is 34.2 Å². The smallest absolute Gasteiger partial charge is 0.361 e. The average molecular weight is 627 g/mol. The first kappa shape index (κ1) is 30.6. The van der Waals surface area contributed by atoms with Crippen LogP contribution in [0.2, 0.25) is 0 Å². The fourth-order valence-corrected chi connectivity index (χ4v) is 5.68. The molecule has 0 atom stereocenters. The Hall–Kier alpha value is -6.00. The number of Topliss-reactive ketones (excluding diaryl/α,β-unsaturated/α-hetero) is 1. The van der Waals surface area contributed by atoms with E-state index in [1.165, 1.54) is 0 Å². The maximum absolute atomic E-state index is 13.5. The van der Waals surface area contributed by atoms with Gasteiger partial charge in [-0.2, -0.15) is 0 Å². The molecular formula is C44H34O4. The first-order valence-corrected chi connectivity index (χ1v) is 16.0. The highest BCUT2D eigenvalue weighted by Gasteiger charge is 2.28. The SMILES string of the molecule is Cc1ccc(C2=CC(=CC3=C([O-])C(=Cc4cc(-c5ccc(C)cc5)[o+]c(-c5ccc(C)cc5)c4)C3=O)C=C(c3ccc(C)cc3)O2)cc1. The number of hydrogen-bond acceptors (Lipinski definition) is 3. The summed E-state index contributed by atoms with van der Waals surface area (Å²) in [5.74, 6) is 2.02. The number of rotatable bonds is 6. The monoisotopic (exact) mass is 626 g/mol. The predicted octanol–water partition coefficient (Wildman–Crippen LogP) is 9.75. The Morgan fingerprint density at radius 2 is 0.958 bits per heavy atom. The van der Waals surface area contributed by atoms with Crippen LogP contribution in [0.3, 0.4) is 0 Å². The first-order valence-electron chi connectivity index (χ1n) is 16.0. The van der Waals surface area contributed by atoms with Gasteiger partial charge in [-0.3, -0.25) is 4.79 Å². The van der Waals surface area contributed by atoms with E-state index in [1.807, 2.05) is 149 Å². The van der Waals surface area contributed by atoms with Crippen LogP contribution in [0.1, 0.15) is 38.9 Å². The Balaban J connectivity index is 1.28. The van der Waals surface area contributed by atoms with Crippen molar-refractivity contribution in [1.82, 2.24) is 0 Å². The molecule has 0 saturated carbocycles. The highest BCUT2D eigenvalue weighted by Crippen LogP contribution is 2.37. The Morgan fingerprint density at radius 1 is 0.562 bits per heavy atom. The van der Waals surface area contributed by atoms with Crippen LogP contribution in [0.25, 0.3) is 40.2 Å². The van der Waals surface area contributed by atoms with Crippen molar-refractivity contribution in [2.24, 2.45) is 0 Å². The summed E-state index contributed by atoms with van der Waals surface area (Å²) in [5.41, 5.74) is 9.92. The van der Waals surface area contributed by atoms with Gasteiger partial charge in [0.25, 0.3) is 0 Å². The van der Waals surface area contributed by atoms with Crippen LogP contribution in [0.4, 0.5) is 0 Å². The lowest BCUT2D eigenvalue weighted by Gasteiger charge is -2.29. The molecule has 5 aromatic rings. The molecule has 0 radical (unpaired) electrons. The van der Waals surface area contributed by atoms with Gasteiger partial charge in [-0.05, 0) is 87.4 Å². The van der Waals surface area contributed by atoms with Crippen molar-refractivity contribution in [2.75, 3.05) is 0 Å². The van der Waals surface area contributed by atoms with Crippen LogP contribution in [0.5, 0.6) is 0 Å². The molecule has 0 unspecified atom stereocenters. The van der Waals surface area contributed by atoms with Gasteiger partial charge in [0.1, 0.15) is 11.5 Å². The van der Waals surface area contributed by atoms with Crippen LogP contribution in [0.15, 0.2) is 154 Å². The standard InChI is InChI=1S/C44H34O4/c1-27-5-13-33(14-6-27)39-23-31(24-40(47-39)34-15-7-28(2)8-16-34)21-37-43(45)38(44(37)46)22-32-25-41(35-17-9-29(3)10-18-35)48-42(26-32)36-19-11-30(4)12-20-36/h5-26H,1-4H3. The largest absolute Gasteiger partial charge is 0.871 e. The Kier molecular flexibility index (Phi) is 8.08. The maximum Gasteiger partial charge on any atom is 0.361 e. The van der Waals surface area contributed by atoms with E-state index in [2.05, 4.69) is 0 Å². The van der Waals surface area contributed by atoms with Gasteiger partial charge in [0.15, 0.2) is 5.78 Å². The van der Waals surface area contributed by atoms with Crippen molar-refractivity contribution < 1.29 is 19.1 Å². The van der Waals surface area contributed by atoms with E-state index in [1.54, 1.807) is 12.2 Å². The number of hydrogen-bond donors (Lipinski definition) is 0. The van der Waals surface area contributed by atoms with Gasteiger partial charge >= 0.3 is 11.5 Å². The molecule has 1 aliphatic heterocycles. The zero-order valence-electron chi connectivity index (χ0n) is 27.3. The van der Waals surface area contributed by atoms with Crippen molar-refractivity contribution in [3.05, 3.63) is 189 Å². The molecule has 0 fully saturated rings. The molecule has 48 heavy (non-hydrogen) atoms. The van der Waals surface area contributed by atoms with E-state index in [9.17, 15) is 9.90 Å². The van der Waals surface area contributed by atoms with Gasteiger partial charge < -0.3 is 9.84 Å². The molecule has 1 aliphatic carbocycles. The fraction of sp³-hybridized carbons (Fsp3) is 0.0909. The minimum absolute atomic E-state index is 0.148. The van der Waals surface area contributed by atoms with Gasteiger partial charge in [-0.15, -0.1) is 0 Å². The van der Waals surface area contributed by atoms with Gasteiger partial charge in [-0.25, -0.2) is 4.42 Å². The van der Waals surface area contributed by atoms with Crippen LogP contribution in [0, 0.1) is 27.7 Å². The first-order chi connectivity index (χ1) is 23.2. The summed E-state index contributed by atoms with van der Waals surface area (Å²) in [6.07, 6.45) is 7.08. The quantitative estimate of drug-likeness (QED) is 0.139. The van der Waals surface area contributed by atoms with E-state index in [-0.39, 0.29) is 22.7 Å². The summed E-state index contributed by atoms with van der Waals surface area (Å²) < 4.78 is 12.7. The molecule has 2 aliphatic rings. The number of benzene rings is 4. The zero-order chi connectivity index (χ0) is 33.4. The summed E-state index contributed by atoms with van der Waals surface area (Å²) in [6.45, 7) is 8.15. The summed E-state index contributed by atoms with van der Waals surface area (Å²) in [7, 11) is 0. The summed E-state index contributed by atoms with van der Waals surface area (Å²) in [4.78, 5) is 13.5. The molecule has 1 aromatic heterocycles. The maximum atomic E-state index is 13.5. The third kappa shape index (κ3) is 6.33. The molecule has 4 heteroatoms. The molecule has 0 amide bonds. The lowest BCUT2D eigenvalue weighted by Crippen LogP contribution is -2.29. The number of aryl methyl sites for hydroxylation is 4. The second-order valence-corrected chi connectivity index (χ2v) is 12.5. The predicted molar refractivity (Wildman–Crippen MR) is 191 cm³/mol. The van der Waals surface area contributed by atoms with Crippen LogP contribution in [-0.2, 0) is 9.53 Å². The molecule has 2 heterocycles. The van der Waals surface area contributed by atoms with E-state index in [0.717, 1.165) is 44.5 Å². The Morgan fingerprint density at radius 3 is 1.35 bits per heavy atom. The third-order valence-electron chi connectivity index (χ3n) is 8.58. The summed E-state index contributed by atoms with van der Waals surface area (Å²) in [5, 5.41) is 13.5. The molecule has 0 bridgehead atoms. The normalized spacial score (nSPS) is 15.1. The highest BCUT2D eigenvalue weighted by molar-refractivity contribution is 6.23. The average Bonchev–Trinajstić information content (AvgIpc) is 3.10. The third-order valence-corrected chi connectivity index (χ3v) is 8.58. The second kappa shape index (κ2) is 12.7. The van der Waals surface area contributed by atoms with Crippen LogP contribution in [-0.4, -0.2) is 5.78 Å². The van der Waals surface area contributed by atoms with Gasteiger partial charge in [0.05, 0.1) is 23.3 Å². The van der Waals surface area contributed by atoms with Crippen molar-refractivity contribution in [2.45, 2.75) is 27.7 Å². The molecule has 0 N–H and O–H groups in total. The van der Waals surface area contributed by atoms with Crippen LogP contribution < -0.4 is 5.11 Å². The Labute approximate surface area is 281 Å². The topological polar surface area (TPSA) is 60.7 Å². The summed E-state index contributed by atoms with van der Waals surface area (Å²) >= 11 is 0. The van der Waals surface area contributed by atoms with Crippen molar-refractivity contribution >= 4 is 23.4 Å². The fourth-order valence-electron chi connectivity index (χ4n) is 5.68. The van der Waals surface area contributed by atoms with Crippen molar-refractivity contribution in [3.8, 4) is 22.6 Å². The highest BCUT2D eigenvalue weighted by atomic mass is 16.5. The molecule has 0 spiro atoms. The number of ketones is 1. The second-order valence-electron chi connectivity index (χ2n) is 12.5. The minimum Gasteiger partial charge on any atom is -0.871 e. The molecule has 4 aromatic carbocycles. The molecule has 234 valence electrons. The molecule has 7 rings (SSSR count). The lowest BCUT2D eigenvalue weighted by atomic mass is 9.85. The number of ether oxygens (including phenoxy) is 1. The van der Waals surface area contributed by atoms with E-state index >= 15 is 0 Å².